The van der Waals surface area contributed by atoms with Crippen molar-refractivity contribution in [3.8, 4) is 0 Å². The van der Waals surface area contributed by atoms with Crippen LogP contribution in [-0.4, -0.2) is 61.6 Å². The summed E-state index contributed by atoms with van der Waals surface area (Å²) in [7, 11) is 5.74. The van der Waals surface area contributed by atoms with Crippen LogP contribution in [0.25, 0.3) is 0 Å². The summed E-state index contributed by atoms with van der Waals surface area (Å²) < 4.78 is 5.83. The molecule has 0 saturated carbocycles. The van der Waals surface area contributed by atoms with Crippen molar-refractivity contribution >= 4 is 11.9 Å². The molecule has 1 N–H and O–H groups in total. The lowest BCUT2D eigenvalue weighted by atomic mass is 10.1. The van der Waals surface area contributed by atoms with Crippen molar-refractivity contribution < 1.29 is 34.1 Å². The summed E-state index contributed by atoms with van der Waals surface area (Å²) in [6.07, 6.45) is 22.2. The van der Waals surface area contributed by atoms with Crippen molar-refractivity contribution in [1.29, 1.82) is 0 Å². The zero-order valence-corrected chi connectivity index (χ0v) is 21.5. The van der Waals surface area contributed by atoms with Crippen LogP contribution in [0.1, 0.15) is 71.1 Å². The molecule has 0 bridgehead atoms. The maximum absolute atomic E-state index is 12.0. The Morgan fingerprint density at radius 3 is 2.32 bits per heavy atom. The summed E-state index contributed by atoms with van der Waals surface area (Å²) in [6.45, 7) is 2.60. The van der Waals surface area contributed by atoms with E-state index in [0.717, 1.165) is 19.3 Å². The molecule has 0 aliphatic heterocycles. The molecule has 0 amide bonds. The van der Waals surface area contributed by atoms with Gasteiger partial charge in [0, 0.05) is 18.8 Å². The molecule has 0 spiro atoms. The van der Waals surface area contributed by atoms with Crippen molar-refractivity contribution in [3.63, 3.8) is 0 Å². The van der Waals surface area contributed by atoms with Gasteiger partial charge in [0.25, 0.3) is 0 Å². The number of carboxylic acids is 1. The molecule has 0 aromatic heterocycles. The topological polar surface area (TPSA) is 95.9 Å². The Kier molecular flexibility index (Phi) is 18.9. The molecule has 0 saturated heterocycles. The highest BCUT2D eigenvalue weighted by molar-refractivity contribution is 5.70. The number of hydrogen-bond donors (Lipinski definition) is 1. The van der Waals surface area contributed by atoms with E-state index in [2.05, 4.69) is 17.9 Å². The third-order valence-corrected chi connectivity index (χ3v) is 4.85. The van der Waals surface area contributed by atoms with Crippen LogP contribution >= 0.6 is 0 Å². The number of allylic oxidation sites excluding steroid dienone is 6. The predicted octanol–water partition coefficient (Wildman–Crippen LogP) is 4.36. The molecule has 2 atom stereocenters. The number of hydrogen-bond acceptors (Lipinski definition) is 6. The number of likely N-dealkylation sites (N-methyl/N-ethyl adjacent to an activating group) is 1. The van der Waals surface area contributed by atoms with Crippen LogP contribution in [0.4, 0.5) is 0 Å². The van der Waals surface area contributed by atoms with Gasteiger partial charge in [0.2, 0.25) is 0 Å². The van der Waals surface area contributed by atoms with Crippen LogP contribution in [0.3, 0.4) is 0 Å². The number of carbonyl (C=O) groups is 2. The first kappa shape index (κ1) is 31.8. The zero-order chi connectivity index (χ0) is 25.7. The second-order valence-corrected chi connectivity index (χ2v) is 9.42. The smallest absolute Gasteiger partial charge is 0.306 e. The molecule has 0 aromatic rings. The highest BCUT2D eigenvalue weighted by atomic mass is 17.1. The lowest BCUT2D eigenvalue weighted by molar-refractivity contribution is -0.873. The van der Waals surface area contributed by atoms with Gasteiger partial charge in [-0.3, -0.25) is 10.1 Å². The van der Waals surface area contributed by atoms with Crippen molar-refractivity contribution in [2.75, 3.05) is 27.7 Å². The Labute approximate surface area is 206 Å². The number of carboxylic acid groups (broad SMARTS) is 1. The number of unbranched alkanes of at least 4 members (excludes halogenated alkanes) is 4. The fourth-order valence-electron chi connectivity index (χ4n) is 3.20. The molecule has 0 aliphatic rings. The summed E-state index contributed by atoms with van der Waals surface area (Å²) in [5.74, 6) is -1.60. The predicted molar refractivity (Wildman–Crippen MR) is 134 cm³/mol. The Hall–Kier alpha value is -2.22. The van der Waals surface area contributed by atoms with E-state index in [0.29, 0.717) is 23.9 Å². The molecule has 34 heavy (non-hydrogen) atoms. The monoisotopic (exact) mass is 479 g/mol. The first-order chi connectivity index (χ1) is 16.2. The molecule has 0 aliphatic carbocycles. The molecule has 0 radical (unpaired) electrons. The van der Waals surface area contributed by atoms with E-state index < -0.39 is 12.1 Å². The van der Waals surface area contributed by atoms with Gasteiger partial charge < -0.3 is 19.1 Å². The van der Waals surface area contributed by atoms with Gasteiger partial charge in [0.05, 0.1) is 21.1 Å². The number of carbonyl (C=O) groups excluding carboxylic acids is 2. The van der Waals surface area contributed by atoms with Gasteiger partial charge in [-0.05, 0) is 38.5 Å². The minimum absolute atomic E-state index is 0.249. The number of aliphatic carboxylic acids is 1. The first-order valence-corrected chi connectivity index (χ1v) is 12.3. The lowest BCUT2D eigenvalue weighted by Gasteiger charge is -2.29. The van der Waals surface area contributed by atoms with Crippen LogP contribution in [-0.2, 0) is 19.2 Å². The maximum Gasteiger partial charge on any atom is 0.306 e. The molecular weight excluding hydrogens is 434 g/mol. The molecule has 0 heterocycles. The Morgan fingerprint density at radius 1 is 0.971 bits per heavy atom. The normalized spacial score (nSPS) is 14.5. The molecular formula is C27H45NO6. The molecule has 0 fully saturated rings. The fraction of sp³-hybridized carbons (Fsp3) is 0.630. The standard InChI is InChI=1S/C27H45NO6/c1-5-6-7-8-13-16-19-24(34-32)20-17-14-11-9-10-12-15-18-21-27(31)33-25(22-26(29)30)23-28(2,3)4/h10-14,16-17,20,24-25H,5-9,15,18-19,21-23H2,1-4H3,(H-,29,30,32)/b12-10+,14-11+,16-13+,20-17+. The van der Waals surface area contributed by atoms with Crippen molar-refractivity contribution in [3.05, 3.63) is 48.6 Å². The molecule has 194 valence electrons. The van der Waals surface area contributed by atoms with Gasteiger partial charge in [0.1, 0.15) is 12.6 Å². The minimum Gasteiger partial charge on any atom is -0.550 e. The van der Waals surface area contributed by atoms with Crippen LogP contribution in [0.15, 0.2) is 48.6 Å². The molecule has 2 unspecified atom stereocenters. The average Bonchev–Trinajstić information content (AvgIpc) is 2.74. The number of rotatable bonds is 20. The number of quaternary nitrogens is 1. The van der Waals surface area contributed by atoms with Crippen LogP contribution in [0, 0.1) is 0 Å². The van der Waals surface area contributed by atoms with Crippen molar-refractivity contribution in [2.24, 2.45) is 0 Å². The van der Waals surface area contributed by atoms with Gasteiger partial charge in [-0.2, -0.15) is 0 Å². The average molecular weight is 480 g/mol. The number of esters is 1. The van der Waals surface area contributed by atoms with Crippen LogP contribution in [0.2, 0.25) is 0 Å². The third-order valence-electron chi connectivity index (χ3n) is 4.85. The van der Waals surface area contributed by atoms with E-state index in [1.807, 2.05) is 63.7 Å². The Balaban J connectivity index is 4.09. The van der Waals surface area contributed by atoms with Gasteiger partial charge >= 0.3 is 5.97 Å². The van der Waals surface area contributed by atoms with Crippen LogP contribution in [0.5, 0.6) is 0 Å². The third kappa shape index (κ3) is 21.6. The largest absolute Gasteiger partial charge is 0.550 e. The van der Waals surface area contributed by atoms with Crippen LogP contribution < -0.4 is 5.11 Å². The van der Waals surface area contributed by atoms with E-state index in [9.17, 15) is 14.7 Å². The molecule has 7 nitrogen and oxygen atoms in total. The van der Waals surface area contributed by atoms with Gasteiger partial charge in [-0.15, -0.1) is 0 Å². The molecule has 0 aromatic carbocycles. The van der Waals surface area contributed by atoms with Crippen molar-refractivity contribution in [1.82, 2.24) is 0 Å². The molecule has 7 heteroatoms. The lowest BCUT2D eigenvalue weighted by Crippen LogP contribution is -2.45. The van der Waals surface area contributed by atoms with Gasteiger partial charge in [-0.1, -0.05) is 68.4 Å². The second kappa shape index (κ2) is 20.2. The quantitative estimate of drug-likeness (QED) is 0.0530. The van der Waals surface area contributed by atoms with Gasteiger partial charge in [0.15, 0.2) is 6.10 Å². The number of nitrogens with zero attached hydrogens (tertiary/aromatic N) is 1. The van der Waals surface area contributed by atoms with E-state index in [1.165, 1.54) is 19.3 Å². The SMILES string of the molecule is CCCCC/C=C/CC(/C=C/C=C/C/C=C/CCCC(=O)OC(CC(=O)[O-])C[N+](C)(C)C)OO. The van der Waals surface area contributed by atoms with Crippen molar-refractivity contribution in [2.45, 2.75) is 83.3 Å². The maximum atomic E-state index is 12.0. The summed E-state index contributed by atoms with van der Waals surface area (Å²) in [6, 6.07) is 0. The number of ether oxygens (including phenoxy) is 1. The van der Waals surface area contributed by atoms with E-state index in [4.69, 9.17) is 9.99 Å². The first-order valence-electron chi connectivity index (χ1n) is 12.3. The van der Waals surface area contributed by atoms with E-state index >= 15 is 0 Å². The summed E-state index contributed by atoms with van der Waals surface area (Å²) >= 11 is 0. The summed E-state index contributed by atoms with van der Waals surface area (Å²) in [5, 5.41) is 19.9. The summed E-state index contributed by atoms with van der Waals surface area (Å²) in [5.41, 5.74) is 0. The summed E-state index contributed by atoms with van der Waals surface area (Å²) in [4.78, 5) is 27.4. The molecule has 0 rings (SSSR count). The van der Waals surface area contributed by atoms with E-state index in [-0.39, 0.29) is 24.9 Å². The minimum atomic E-state index is -1.22. The van der Waals surface area contributed by atoms with Gasteiger partial charge in [-0.25, -0.2) is 4.89 Å². The van der Waals surface area contributed by atoms with E-state index in [1.54, 1.807) is 0 Å². The zero-order valence-electron chi connectivity index (χ0n) is 21.5. The second-order valence-electron chi connectivity index (χ2n) is 9.42. The highest BCUT2D eigenvalue weighted by Gasteiger charge is 2.22. The Bertz CT molecular complexity index is 661. The Morgan fingerprint density at radius 2 is 1.68 bits per heavy atom. The highest BCUT2D eigenvalue weighted by Crippen LogP contribution is 2.08. The fourth-order valence-corrected chi connectivity index (χ4v) is 3.20.